The average Bonchev–Trinajstić information content (AvgIpc) is 2.52. The van der Waals surface area contributed by atoms with Gasteiger partial charge in [0.05, 0.1) is 6.04 Å². The van der Waals surface area contributed by atoms with Crippen LogP contribution in [0.2, 0.25) is 0 Å². The predicted octanol–water partition coefficient (Wildman–Crippen LogP) is 6.29. The largest absolute Gasteiger partial charge is 0.378 e. The molecule has 0 bridgehead atoms. The molecule has 1 aliphatic rings. The van der Waals surface area contributed by atoms with Crippen LogP contribution in [0.25, 0.3) is 0 Å². The Kier molecular flexibility index (Phi) is 5.28. The lowest BCUT2D eigenvalue weighted by molar-refractivity contribution is 0.426. The van der Waals surface area contributed by atoms with Crippen LogP contribution in [0, 0.1) is 0 Å². The molecule has 0 spiro atoms. The van der Waals surface area contributed by atoms with Crippen LogP contribution in [0.15, 0.2) is 51.8 Å². The zero-order chi connectivity index (χ0) is 17.3. The Morgan fingerprint density at radius 1 is 1.21 bits per heavy atom. The second-order valence-corrected chi connectivity index (χ2v) is 9.25. The minimum Gasteiger partial charge on any atom is -0.378 e. The van der Waals surface area contributed by atoms with Crippen molar-refractivity contribution >= 4 is 33.6 Å². The molecule has 3 rings (SSSR count). The minimum atomic E-state index is 0.141. The molecule has 2 N–H and O–H groups in total. The van der Waals surface area contributed by atoms with Crippen LogP contribution in [-0.2, 0) is 5.41 Å². The van der Waals surface area contributed by atoms with E-state index in [1.807, 2.05) is 0 Å². The Labute approximate surface area is 158 Å². The first kappa shape index (κ1) is 17.8. The topological polar surface area (TPSA) is 24.1 Å². The number of anilines is 1. The first-order chi connectivity index (χ1) is 11.3. The summed E-state index contributed by atoms with van der Waals surface area (Å²) >= 11 is 5.31. The first-order valence-electron chi connectivity index (χ1n) is 8.44. The van der Waals surface area contributed by atoms with Gasteiger partial charge in [0.1, 0.15) is 0 Å². The van der Waals surface area contributed by atoms with Crippen molar-refractivity contribution in [1.29, 1.82) is 0 Å². The molecule has 0 saturated carbocycles. The number of benzene rings is 2. The van der Waals surface area contributed by atoms with Crippen LogP contribution in [0.3, 0.4) is 0 Å². The third-order valence-corrected chi connectivity index (χ3v) is 6.00. The third-order valence-electron chi connectivity index (χ3n) is 4.43. The van der Waals surface area contributed by atoms with Gasteiger partial charge >= 0.3 is 0 Å². The van der Waals surface area contributed by atoms with E-state index in [2.05, 4.69) is 96.1 Å². The molecule has 128 valence electrons. The molecule has 0 saturated heterocycles. The molecule has 2 nitrogen and oxygen atoms in total. The molecule has 0 amide bonds. The van der Waals surface area contributed by atoms with E-state index >= 15 is 0 Å². The summed E-state index contributed by atoms with van der Waals surface area (Å²) in [5.41, 5.74) is 4.14. The van der Waals surface area contributed by atoms with Crippen molar-refractivity contribution in [2.24, 2.45) is 0 Å². The molecule has 0 aliphatic carbocycles. The number of hydrogen-bond acceptors (Lipinski definition) is 3. The van der Waals surface area contributed by atoms with Gasteiger partial charge in [0.15, 0.2) is 0 Å². The highest BCUT2D eigenvalue weighted by atomic mass is 79.9. The van der Waals surface area contributed by atoms with Crippen molar-refractivity contribution in [2.75, 3.05) is 5.32 Å². The molecule has 1 heterocycles. The van der Waals surface area contributed by atoms with Gasteiger partial charge in [-0.1, -0.05) is 41.9 Å². The van der Waals surface area contributed by atoms with Crippen LogP contribution in [-0.4, -0.2) is 6.04 Å². The number of halogens is 1. The lowest BCUT2D eigenvalue weighted by atomic mass is 9.74. The maximum atomic E-state index is 3.74. The average molecular weight is 405 g/mol. The Hall–Kier alpha value is -0.970. The maximum Gasteiger partial charge on any atom is 0.0522 e. The summed E-state index contributed by atoms with van der Waals surface area (Å²) in [5, 5.41) is 3.74. The molecule has 1 aliphatic heterocycles. The van der Waals surface area contributed by atoms with Gasteiger partial charge in [-0.2, -0.15) is 0 Å². The number of rotatable bonds is 4. The maximum absolute atomic E-state index is 3.74. The lowest BCUT2D eigenvalue weighted by Crippen LogP contribution is -2.31. The number of fused-ring (bicyclic) bond motifs is 1. The normalized spacial score (nSPS) is 19.0. The van der Waals surface area contributed by atoms with Gasteiger partial charge in [0.25, 0.3) is 0 Å². The van der Waals surface area contributed by atoms with Crippen molar-refractivity contribution < 1.29 is 0 Å². The van der Waals surface area contributed by atoms with E-state index in [4.69, 9.17) is 0 Å². The highest BCUT2D eigenvalue weighted by molar-refractivity contribution is 9.10. The predicted molar refractivity (Wildman–Crippen MR) is 109 cm³/mol. The van der Waals surface area contributed by atoms with E-state index in [0.29, 0.717) is 12.1 Å². The van der Waals surface area contributed by atoms with Crippen molar-refractivity contribution in [2.45, 2.75) is 56.5 Å². The van der Waals surface area contributed by atoms with Gasteiger partial charge < -0.3 is 5.32 Å². The fourth-order valence-corrected chi connectivity index (χ4v) is 4.34. The second kappa shape index (κ2) is 7.11. The molecule has 0 fully saturated rings. The Morgan fingerprint density at radius 2 is 2.00 bits per heavy atom. The van der Waals surface area contributed by atoms with E-state index < -0.39 is 0 Å². The molecule has 1 unspecified atom stereocenters. The fraction of sp³-hybridized carbons (Fsp3) is 0.400. The minimum absolute atomic E-state index is 0.141. The molecule has 0 aromatic heterocycles. The summed E-state index contributed by atoms with van der Waals surface area (Å²) in [6, 6.07) is 16.2. The lowest BCUT2D eigenvalue weighted by Gasteiger charge is -2.39. The van der Waals surface area contributed by atoms with Gasteiger partial charge in [0, 0.05) is 21.1 Å². The Balaban J connectivity index is 1.88. The third kappa shape index (κ3) is 3.98. The fourth-order valence-electron chi connectivity index (χ4n) is 3.24. The van der Waals surface area contributed by atoms with Gasteiger partial charge in [-0.05, 0) is 79.1 Å². The Bertz CT molecular complexity index is 727. The molecular weight excluding hydrogens is 380 g/mol. The molecule has 24 heavy (non-hydrogen) atoms. The summed E-state index contributed by atoms with van der Waals surface area (Å²) in [7, 11) is 0. The summed E-state index contributed by atoms with van der Waals surface area (Å²) < 4.78 is 4.56. The molecular formula is C20H25BrN2S. The van der Waals surface area contributed by atoms with Gasteiger partial charge in [0.2, 0.25) is 0 Å². The summed E-state index contributed by atoms with van der Waals surface area (Å²) in [4.78, 5) is 1.28. The first-order valence-corrected chi connectivity index (χ1v) is 10.0. The summed E-state index contributed by atoms with van der Waals surface area (Å²) in [5.74, 6) is 0. The highest BCUT2D eigenvalue weighted by Crippen LogP contribution is 2.45. The molecule has 2 aromatic carbocycles. The Morgan fingerprint density at radius 3 is 2.71 bits per heavy atom. The number of nitrogens with one attached hydrogen (secondary N) is 2. The van der Waals surface area contributed by atoms with Crippen LogP contribution >= 0.6 is 27.9 Å². The van der Waals surface area contributed by atoms with E-state index in [9.17, 15) is 0 Å². The number of hydrogen-bond donors (Lipinski definition) is 2. The SMILES string of the molecule is CC(C)NSc1ccc2c(c1)C(C)(C)CC(c1cccc(Br)c1)N2. The van der Waals surface area contributed by atoms with Crippen LogP contribution in [0.1, 0.15) is 51.3 Å². The molecule has 0 radical (unpaired) electrons. The summed E-state index contributed by atoms with van der Waals surface area (Å²) in [6.45, 7) is 9.03. The molecule has 4 heteroatoms. The van der Waals surface area contributed by atoms with Crippen molar-refractivity contribution in [3.8, 4) is 0 Å². The monoisotopic (exact) mass is 404 g/mol. The standard InChI is InChI=1S/C20H25BrN2S/c1-13(2)23-24-16-8-9-18-17(11-16)20(3,4)12-19(22-18)14-6-5-7-15(21)10-14/h5-11,13,19,22-23H,12H2,1-4H3. The van der Waals surface area contributed by atoms with Crippen molar-refractivity contribution in [3.05, 3.63) is 58.1 Å². The van der Waals surface area contributed by atoms with Gasteiger partial charge in [-0.3, -0.25) is 4.72 Å². The quantitative estimate of drug-likeness (QED) is 0.585. The zero-order valence-electron chi connectivity index (χ0n) is 14.7. The van der Waals surface area contributed by atoms with E-state index in [1.54, 1.807) is 11.9 Å². The summed E-state index contributed by atoms with van der Waals surface area (Å²) in [6.07, 6.45) is 1.09. The van der Waals surface area contributed by atoms with E-state index in [0.717, 1.165) is 10.9 Å². The van der Waals surface area contributed by atoms with Crippen LogP contribution in [0.4, 0.5) is 5.69 Å². The van der Waals surface area contributed by atoms with E-state index in [1.165, 1.54) is 21.7 Å². The molecule has 2 aromatic rings. The van der Waals surface area contributed by atoms with Gasteiger partial charge in [-0.25, -0.2) is 0 Å². The molecule has 1 atom stereocenters. The van der Waals surface area contributed by atoms with Crippen LogP contribution < -0.4 is 10.0 Å². The van der Waals surface area contributed by atoms with Crippen molar-refractivity contribution in [1.82, 2.24) is 4.72 Å². The zero-order valence-corrected chi connectivity index (χ0v) is 17.1. The van der Waals surface area contributed by atoms with Crippen LogP contribution in [0.5, 0.6) is 0 Å². The van der Waals surface area contributed by atoms with E-state index in [-0.39, 0.29) is 5.41 Å². The second-order valence-electron chi connectivity index (χ2n) is 7.42. The smallest absolute Gasteiger partial charge is 0.0522 e. The van der Waals surface area contributed by atoms with Crippen molar-refractivity contribution in [3.63, 3.8) is 0 Å². The van der Waals surface area contributed by atoms with Gasteiger partial charge in [-0.15, -0.1) is 0 Å². The highest BCUT2D eigenvalue weighted by Gasteiger charge is 2.33.